The number of thiazole rings is 1. The number of benzene rings is 2. The van der Waals surface area contributed by atoms with E-state index >= 15 is 0 Å². The Labute approximate surface area is 174 Å². The van der Waals surface area contributed by atoms with E-state index in [2.05, 4.69) is 9.97 Å². The molecule has 9 heteroatoms. The van der Waals surface area contributed by atoms with Gasteiger partial charge in [-0.25, -0.2) is 4.98 Å². The van der Waals surface area contributed by atoms with Crippen molar-refractivity contribution in [3.8, 4) is 34.3 Å². The molecule has 2 aromatic heterocycles. The number of rotatable bonds is 5. The Morgan fingerprint density at radius 1 is 1.03 bits per heavy atom. The van der Waals surface area contributed by atoms with Crippen molar-refractivity contribution in [1.82, 2.24) is 9.97 Å². The number of aliphatic hydroxyl groups is 1. The molecule has 0 radical (unpaired) electrons. The first kappa shape index (κ1) is 19.7. The first-order chi connectivity index (χ1) is 14.4. The molecule has 0 fully saturated rings. The summed E-state index contributed by atoms with van der Waals surface area (Å²) in [4.78, 5) is 18.6. The maximum Gasteiger partial charge on any atom is 0.294 e. The van der Waals surface area contributed by atoms with E-state index in [-0.39, 0.29) is 0 Å². The van der Waals surface area contributed by atoms with Crippen molar-refractivity contribution in [3.63, 3.8) is 0 Å². The molecule has 4 aromatic rings. The van der Waals surface area contributed by atoms with E-state index in [1.54, 1.807) is 41.8 Å². The Bertz CT molecular complexity index is 1300. The van der Waals surface area contributed by atoms with E-state index in [1.165, 1.54) is 25.6 Å². The second-order valence-corrected chi connectivity index (χ2v) is 7.39. The number of H-pyrrole nitrogens is 1. The van der Waals surface area contributed by atoms with Gasteiger partial charge in [0.2, 0.25) is 5.75 Å². The third kappa shape index (κ3) is 3.34. The first-order valence-electron chi connectivity index (χ1n) is 8.86. The predicted octanol–water partition coefficient (Wildman–Crippen LogP) is 3.16. The summed E-state index contributed by atoms with van der Waals surface area (Å²) in [6.07, 6.45) is -0.960. The standard InChI is InChI=1S/C21H18N2O6S/c1-28-15-6-4-11(8-16(15)29-2)17(24)21-23-14(9-30-21)10-3-5-13-12(7-10)18(25)19(26)20(27)22-13/h3-9,17,24,26H,1-2H3,(H2,22,25,27). The number of fused-ring (bicyclic) bond motifs is 1. The van der Waals surface area contributed by atoms with Gasteiger partial charge in [-0.2, -0.15) is 0 Å². The SMILES string of the molecule is COc1ccc(C(O)c2nc(-c3ccc4[nH]c(=O)c(O)c(O)c4c3)cs2)cc1OC. The predicted molar refractivity (Wildman–Crippen MR) is 113 cm³/mol. The molecule has 2 aromatic carbocycles. The molecule has 1 atom stereocenters. The smallest absolute Gasteiger partial charge is 0.294 e. The maximum absolute atomic E-state index is 11.6. The zero-order chi connectivity index (χ0) is 21.4. The average molecular weight is 426 g/mol. The van der Waals surface area contributed by atoms with Gasteiger partial charge < -0.3 is 29.8 Å². The highest BCUT2D eigenvalue weighted by molar-refractivity contribution is 7.10. The number of nitrogens with zero attached hydrogens (tertiary/aromatic N) is 1. The number of methoxy groups -OCH3 is 2. The van der Waals surface area contributed by atoms with Crippen molar-refractivity contribution >= 4 is 22.2 Å². The summed E-state index contributed by atoms with van der Waals surface area (Å²) >= 11 is 1.28. The van der Waals surface area contributed by atoms with E-state index in [0.717, 1.165) is 0 Å². The van der Waals surface area contributed by atoms with Crippen LogP contribution in [0, 0.1) is 0 Å². The number of aromatic hydroxyl groups is 2. The maximum atomic E-state index is 11.6. The van der Waals surface area contributed by atoms with Crippen LogP contribution in [0.25, 0.3) is 22.2 Å². The van der Waals surface area contributed by atoms with Crippen LogP contribution >= 0.6 is 11.3 Å². The second kappa shape index (κ2) is 7.69. The fraction of sp³-hybridized carbons (Fsp3) is 0.143. The van der Waals surface area contributed by atoms with Crippen LogP contribution in [0.3, 0.4) is 0 Å². The highest BCUT2D eigenvalue weighted by atomic mass is 32.1. The molecule has 0 saturated heterocycles. The fourth-order valence-corrected chi connectivity index (χ4v) is 3.97. The summed E-state index contributed by atoms with van der Waals surface area (Å²) in [7, 11) is 3.06. The minimum Gasteiger partial charge on any atom is -0.504 e. The molecule has 0 aliphatic carbocycles. The molecular formula is C21H18N2O6S. The van der Waals surface area contributed by atoms with Gasteiger partial charge in [0.1, 0.15) is 11.1 Å². The van der Waals surface area contributed by atoms with Crippen molar-refractivity contribution < 1.29 is 24.8 Å². The van der Waals surface area contributed by atoms with Crippen molar-refractivity contribution in [3.05, 3.63) is 62.7 Å². The molecule has 0 aliphatic rings. The number of aliphatic hydroxyl groups excluding tert-OH is 1. The third-order valence-corrected chi connectivity index (χ3v) is 5.63. The zero-order valence-corrected chi connectivity index (χ0v) is 16.9. The molecule has 4 rings (SSSR count). The molecular weight excluding hydrogens is 408 g/mol. The molecule has 0 amide bonds. The van der Waals surface area contributed by atoms with Crippen LogP contribution in [0.1, 0.15) is 16.7 Å². The molecule has 0 spiro atoms. The number of hydrogen-bond donors (Lipinski definition) is 4. The molecule has 8 nitrogen and oxygen atoms in total. The summed E-state index contributed by atoms with van der Waals surface area (Å²) in [6.45, 7) is 0. The summed E-state index contributed by atoms with van der Waals surface area (Å²) < 4.78 is 10.5. The number of aromatic nitrogens is 2. The van der Waals surface area contributed by atoms with E-state index in [0.29, 0.717) is 44.2 Å². The average Bonchev–Trinajstić information content (AvgIpc) is 3.26. The van der Waals surface area contributed by atoms with Crippen LogP contribution in [0.15, 0.2) is 46.6 Å². The van der Waals surface area contributed by atoms with Crippen LogP contribution in [0.5, 0.6) is 23.0 Å². The van der Waals surface area contributed by atoms with Crippen molar-refractivity contribution in [2.75, 3.05) is 14.2 Å². The Kier molecular flexibility index (Phi) is 5.06. The number of nitrogens with one attached hydrogen (secondary N) is 1. The van der Waals surface area contributed by atoms with Gasteiger partial charge in [0, 0.05) is 16.3 Å². The lowest BCUT2D eigenvalue weighted by atomic mass is 10.1. The number of pyridine rings is 1. The van der Waals surface area contributed by atoms with Gasteiger partial charge in [0.05, 0.1) is 25.4 Å². The first-order valence-corrected chi connectivity index (χ1v) is 9.74. The number of aromatic amines is 1. The van der Waals surface area contributed by atoms with Crippen LogP contribution in [0.2, 0.25) is 0 Å². The monoisotopic (exact) mass is 426 g/mol. The van der Waals surface area contributed by atoms with Crippen molar-refractivity contribution in [1.29, 1.82) is 0 Å². The van der Waals surface area contributed by atoms with E-state index < -0.39 is 23.2 Å². The summed E-state index contributed by atoms with van der Waals surface area (Å²) in [6, 6.07) is 10.1. The molecule has 0 bridgehead atoms. The fourth-order valence-electron chi connectivity index (χ4n) is 3.14. The zero-order valence-electron chi connectivity index (χ0n) is 16.0. The normalized spacial score (nSPS) is 12.1. The minimum atomic E-state index is -0.960. The van der Waals surface area contributed by atoms with Gasteiger partial charge in [0.25, 0.3) is 5.56 Å². The molecule has 30 heavy (non-hydrogen) atoms. The number of hydrogen-bond acceptors (Lipinski definition) is 8. The van der Waals surface area contributed by atoms with Crippen molar-refractivity contribution in [2.45, 2.75) is 6.10 Å². The highest BCUT2D eigenvalue weighted by Crippen LogP contribution is 2.36. The van der Waals surface area contributed by atoms with Gasteiger partial charge in [-0.15, -0.1) is 11.3 Å². The van der Waals surface area contributed by atoms with Gasteiger partial charge in [-0.3, -0.25) is 4.79 Å². The van der Waals surface area contributed by atoms with Gasteiger partial charge >= 0.3 is 0 Å². The number of ether oxygens (including phenoxy) is 2. The molecule has 0 saturated carbocycles. The quantitative estimate of drug-likeness (QED) is 0.386. The largest absolute Gasteiger partial charge is 0.504 e. The molecule has 154 valence electrons. The van der Waals surface area contributed by atoms with Crippen LogP contribution in [-0.2, 0) is 0 Å². The lowest BCUT2D eigenvalue weighted by molar-refractivity contribution is 0.219. The summed E-state index contributed by atoms with van der Waals surface area (Å²) in [5.41, 5.74) is 1.47. The van der Waals surface area contributed by atoms with Crippen LogP contribution < -0.4 is 15.0 Å². The topological polar surface area (TPSA) is 125 Å². The molecule has 2 heterocycles. The molecule has 1 unspecified atom stereocenters. The van der Waals surface area contributed by atoms with Crippen LogP contribution in [-0.4, -0.2) is 39.5 Å². The van der Waals surface area contributed by atoms with E-state index in [9.17, 15) is 20.1 Å². The lowest BCUT2D eigenvalue weighted by Crippen LogP contribution is -2.04. The molecule has 0 aliphatic heterocycles. The lowest BCUT2D eigenvalue weighted by Gasteiger charge is -2.12. The Balaban J connectivity index is 1.69. The van der Waals surface area contributed by atoms with E-state index in [1.807, 2.05) is 0 Å². The Morgan fingerprint density at radius 2 is 1.80 bits per heavy atom. The Morgan fingerprint density at radius 3 is 2.53 bits per heavy atom. The van der Waals surface area contributed by atoms with Gasteiger partial charge in [0.15, 0.2) is 17.2 Å². The summed E-state index contributed by atoms with van der Waals surface area (Å²) in [5, 5.41) is 33.1. The van der Waals surface area contributed by atoms with Crippen LogP contribution in [0.4, 0.5) is 0 Å². The highest BCUT2D eigenvalue weighted by Gasteiger charge is 2.18. The van der Waals surface area contributed by atoms with E-state index in [4.69, 9.17) is 9.47 Å². The van der Waals surface area contributed by atoms with Gasteiger partial charge in [-0.1, -0.05) is 12.1 Å². The second-order valence-electron chi connectivity index (χ2n) is 6.50. The summed E-state index contributed by atoms with van der Waals surface area (Å²) in [5.74, 6) is -0.158. The third-order valence-electron chi connectivity index (χ3n) is 4.74. The Hall–Kier alpha value is -3.56. The minimum absolute atomic E-state index is 0.291. The van der Waals surface area contributed by atoms with Gasteiger partial charge in [-0.05, 0) is 29.8 Å². The van der Waals surface area contributed by atoms with Crippen molar-refractivity contribution in [2.24, 2.45) is 0 Å². The molecule has 4 N–H and O–H groups in total.